The largest absolute Gasteiger partial charge is 0.494 e. The smallest absolute Gasteiger partial charge is 0.170 e. The Morgan fingerprint density at radius 1 is 0.926 bits per heavy atom. The summed E-state index contributed by atoms with van der Waals surface area (Å²) < 4.78 is 49.5. The quantitative estimate of drug-likeness (QED) is 0.432. The monoisotopic (exact) mass is 370 g/mol. The molecular weight excluding hydrogens is 349 g/mol. The van der Waals surface area contributed by atoms with Gasteiger partial charge in [0, 0.05) is 5.56 Å². The van der Waals surface area contributed by atoms with Crippen LogP contribution in [0.1, 0.15) is 25.8 Å². The van der Waals surface area contributed by atoms with E-state index in [1.165, 1.54) is 6.07 Å². The molecule has 0 amide bonds. The number of hydrogen-bond donors (Lipinski definition) is 0. The summed E-state index contributed by atoms with van der Waals surface area (Å²) in [7, 11) is 0. The average Bonchev–Trinajstić information content (AvgIpc) is 2.67. The van der Waals surface area contributed by atoms with Gasteiger partial charge in [-0.25, -0.2) is 13.2 Å². The summed E-state index contributed by atoms with van der Waals surface area (Å²) >= 11 is 0. The Hall–Kier alpha value is -2.75. The maximum atomic E-state index is 14.8. The molecule has 3 aromatic rings. The van der Waals surface area contributed by atoms with Gasteiger partial charge in [-0.05, 0) is 61.4 Å². The number of allylic oxidation sites excluding steroid dienone is 2. The average molecular weight is 370 g/mol. The van der Waals surface area contributed by atoms with Gasteiger partial charge in [-0.1, -0.05) is 36.4 Å². The third-order valence-corrected chi connectivity index (χ3v) is 4.50. The number of benzene rings is 3. The molecule has 0 saturated carbocycles. The van der Waals surface area contributed by atoms with Crippen molar-refractivity contribution >= 4 is 10.8 Å². The minimum Gasteiger partial charge on any atom is -0.494 e. The topological polar surface area (TPSA) is 9.23 Å². The highest BCUT2D eigenvalue weighted by Crippen LogP contribution is 2.34. The summed E-state index contributed by atoms with van der Waals surface area (Å²) in [5, 5.41) is 0.0465. The number of aryl methyl sites for hydroxylation is 1. The van der Waals surface area contributed by atoms with Crippen molar-refractivity contribution < 1.29 is 17.9 Å². The predicted octanol–water partition coefficient (Wildman–Crippen LogP) is 6.83. The fourth-order valence-corrected chi connectivity index (χ4v) is 3.13. The molecule has 0 saturated heterocycles. The molecule has 0 aliphatic carbocycles. The van der Waals surface area contributed by atoms with Crippen molar-refractivity contribution in [2.45, 2.75) is 26.7 Å². The zero-order chi connectivity index (χ0) is 19.4. The summed E-state index contributed by atoms with van der Waals surface area (Å²) in [6.07, 6.45) is 4.87. The molecule has 0 spiro atoms. The Morgan fingerprint density at radius 3 is 2.33 bits per heavy atom. The third-order valence-electron chi connectivity index (χ3n) is 4.50. The van der Waals surface area contributed by atoms with Crippen LogP contribution < -0.4 is 4.74 Å². The molecule has 27 heavy (non-hydrogen) atoms. The fourth-order valence-electron chi connectivity index (χ4n) is 3.13. The van der Waals surface area contributed by atoms with Crippen LogP contribution in [0.3, 0.4) is 0 Å². The van der Waals surface area contributed by atoms with Crippen molar-refractivity contribution in [1.82, 2.24) is 0 Å². The number of hydrogen-bond acceptors (Lipinski definition) is 1. The maximum Gasteiger partial charge on any atom is 0.170 e. The lowest BCUT2D eigenvalue weighted by Crippen LogP contribution is -1.98. The standard InChI is InChI=1S/C23H21F3O/c1-3-5-6-7-16-8-9-17-14-19(22(25)23(26)20(17)21(16)24)15-10-12-18(13-11-15)27-4-2/h3,5,8-14H,4,6-7H2,1-2H3/b5-3+. The molecule has 4 heteroatoms. The zero-order valence-corrected chi connectivity index (χ0v) is 15.4. The van der Waals surface area contributed by atoms with Crippen molar-refractivity contribution in [3.05, 3.63) is 77.6 Å². The molecular formula is C23H21F3O. The number of rotatable bonds is 6. The van der Waals surface area contributed by atoms with E-state index in [2.05, 4.69) is 0 Å². The van der Waals surface area contributed by atoms with Crippen molar-refractivity contribution in [3.8, 4) is 16.9 Å². The lowest BCUT2D eigenvalue weighted by atomic mass is 9.97. The van der Waals surface area contributed by atoms with Crippen LogP contribution in [0.15, 0.2) is 54.6 Å². The van der Waals surface area contributed by atoms with Crippen molar-refractivity contribution in [3.63, 3.8) is 0 Å². The highest BCUT2D eigenvalue weighted by molar-refractivity contribution is 5.89. The molecule has 0 unspecified atom stereocenters. The zero-order valence-electron chi connectivity index (χ0n) is 15.4. The van der Waals surface area contributed by atoms with Crippen LogP contribution in [-0.4, -0.2) is 6.61 Å². The summed E-state index contributed by atoms with van der Waals surface area (Å²) in [4.78, 5) is 0. The SMILES string of the molecule is C/C=C/CCc1ccc2cc(-c3ccc(OCC)cc3)c(F)c(F)c2c1F. The Kier molecular flexibility index (Phi) is 5.84. The normalized spacial score (nSPS) is 11.4. The first-order valence-corrected chi connectivity index (χ1v) is 9.00. The lowest BCUT2D eigenvalue weighted by Gasteiger charge is -2.12. The lowest BCUT2D eigenvalue weighted by molar-refractivity contribution is 0.340. The number of halogens is 3. The molecule has 0 heterocycles. The first-order valence-electron chi connectivity index (χ1n) is 9.00. The molecule has 1 nitrogen and oxygen atoms in total. The molecule has 3 aromatic carbocycles. The van der Waals surface area contributed by atoms with Crippen molar-refractivity contribution in [2.75, 3.05) is 6.61 Å². The van der Waals surface area contributed by atoms with Gasteiger partial charge in [-0.2, -0.15) is 0 Å². The summed E-state index contributed by atoms with van der Waals surface area (Å²) in [5.74, 6) is -2.23. The van der Waals surface area contributed by atoms with E-state index in [0.717, 1.165) is 0 Å². The van der Waals surface area contributed by atoms with Crippen LogP contribution >= 0.6 is 0 Å². The van der Waals surface area contributed by atoms with Crippen LogP contribution in [0.5, 0.6) is 5.75 Å². The van der Waals surface area contributed by atoms with E-state index in [0.29, 0.717) is 41.7 Å². The molecule has 0 radical (unpaired) electrons. The van der Waals surface area contributed by atoms with Gasteiger partial charge in [0.05, 0.1) is 12.0 Å². The highest BCUT2D eigenvalue weighted by Gasteiger charge is 2.19. The van der Waals surface area contributed by atoms with Gasteiger partial charge in [0.2, 0.25) is 0 Å². The molecule has 0 fully saturated rings. The van der Waals surface area contributed by atoms with Crippen LogP contribution in [0.25, 0.3) is 21.9 Å². The number of ether oxygens (including phenoxy) is 1. The molecule has 0 atom stereocenters. The van der Waals surface area contributed by atoms with Gasteiger partial charge in [-0.3, -0.25) is 0 Å². The second-order valence-corrected chi connectivity index (χ2v) is 6.25. The molecule has 0 bridgehead atoms. The molecule has 0 N–H and O–H groups in total. The first-order chi connectivity index (χ1) is 13.1. The molecule has 0 aromatic heterocycles. The van der Waals surface area contributed by atoms with Gasteiger partial charge in [0.1, 0.15) is 11.6 Å². The summed E-state index contributed by atoms with van der Waals surface area (Å²) in [5.41, 5.74) is 0.992. The van der Waals surface area contributed by atoms with Gasteiger partial charge in [0.25, 0.3) is 0 Å². The highest BCUT2D eigenvalue weighted by atomic mass is 19.2. The van der Waals surface area contributed by atoms with Crippen LogP contribution in [0.4, 0.5) is 13.2 Å². The van der Waals surface area contributed by atoms with E-state index < -0.39 is 17.5 Å². The van der Waals surface area contributed by atoms with Crippen LogP contribution in [0.2, 0.25) is 0 Å². The van der Waals surface area contributed by atoms with Gasteiger partial charge in [0.15, 0.2) is 11.6 Å². The third kappa shape index (κ3) is 3.85. The van der Waals surface area contributed by atoms with E-state index in [-0.39, 0.29) is 10.9 Å². The Morgan fingerprint density at radius 2 is 1.67 bits per heavy atom. The maximum absolute atomic E-state index is 14.8. The Labute approximate surface area is 157 Å². The fraction of sp³-hybridized carbons (Fsp3) is 0.217. The van der Waals surface area contributed by atoms with Gasteiger partial charge in [-0.15, -0.1) is 0 Å². The minimum absolute atomic E-state index is 0.101. The summed E-state index contributed by atoms with van der Waals surface area (Å²) in [6.45, 7) is 4.27. The van der Waals surface area contributed by atoms with Gasteiger partial charge >= 0.3 is 0 Å². The molecule has 0 aliphatic heterocycles. The Balaban J connectivity index is 2.06. The van der Waals surface area contributed by atoms with E-state index in [4.69, 9.17) is 4.74 Å². The second-order valence-electron chi connectivity index (χ2n) is 6.25. The van der Waals surface area contributed by atoms with E-state index in [1.807, 2.05) is 26.0 Å². The number of fused-ring (bicyclic) bond motifs is 1. The van der Waals surface area contributed by atoms with Crippen molar-refractivity contribution in [1.29, 1.82) is 0 Å². The van der Waals surface area contributed by atoms with Crippen LogP contribution in [-0.2, 0) is 6.42 Å². The predicted molar refractivity (Wildman–Crippen MR) is 104 cm³/mol. The van der Waals surface area contributed by atoms with E-state index in [9.17, 15) is 13.2 Å². The van der Waals surface area contributed by atoms with Crippen molar-refractivity contribution in [2.24, 2.45) is 0 Å². The van der Waals surface area contributed by atoms with Gasteiger partial charge < -0.3 is 4.74 Å². The molecule has 0 aliphatic rings. The molecule has 140 valence electrons. The second kappa shape index (κ2) is 8.30. The summed E-state index contributed by atoms with van der Waals surface area (Å²) in [6, 6.07) is 11.5. The molecule has 3 rings (SSSR count). The van der Waals surface area contributed by atoms with E-state index in [1.54, 1.807) is 36.4 Å². The van der Waals surface area contributed by atoms with Crippen LogP contribution in [0, 0.1) is 17.5 Å². The van der Waals surface area contributed by atoms with E-state index >= 15 is 0 Å². The Bertz CT molecular complexity index is 975. The first kappa shape index (κ1) is 19.0. The minimum atomic E-state index is -1.15.